The van der Waals surface area contributed by atoms with Crippen LogP contribution in [0.25, 0.3) is 0 Å². The van der Waals surface area contributed by atoms with E-state index < -0.39 is 0 Å². The predicted molar refractivity (Wildman–Crippen MR) is 49.8 cm³/mol. The minimum atomic E-state index is 0. The summed E-state index contributed by atoms with van der Waals surface area (Å²) in [4.78, 5) is 2.39. The van der Waals surface area contributed by atoms with E-state index in [4.69, 9.17) is 16.3 Å². The standard InChI is InChI=1S/C7H14ClNO.ClH/c8-2-1-3-9-4-6-10-7-5-9;/h1-7H2;1H. The van der Waals surface area contributed by atoms with Gasteiger partial charge in [-0.05, 0) is 13.0 Å². The Morgan fingerprint density at radius 1 is 1.27 bits per heavy atom. The van der Waals surface area contributed by atoms with Gasteiger partial charge in [-0.25, -0.2) is 0 Å². The van der Waals surface area contributed by atoms with Crippen molar-refractivity contribution in [3.63, 3.8) is 0 Å². The van der Waals surface area contributed by atoms with E-state index in [0.717, 1.165) is 45.1 Å². The SMILES string of the molecule is Cl.ClCCCN1CCOCC1. The van der Waals surface area contributed by atoms with E-state index in [1.54, 1.807) is 0 Å². The molecule has 0 atom stereocenters. The van der Waals surface area contributed by atoms with Gasteiger partial charge >= 0.3 is 0 Å². The first-order valence-electron chi connectivity index (χ1n) is 3.79. The second kappa shape index (κ2) is 7.17. The van der Waals surface area contributed by atoms with Crippen molar-refractivity contribution in [2.75, 3.05) is 38.7 Å². The number of hydrogen-bond acceptors (Lipinski definition) is 2. The topological polar surface area (TPSA) is 12.5 Å². The molecule has 0 unspecified atom stereocenters. The Morgan fingerprint density at radius 3 is 2.45 bits per heavy atom. The van der Waals surface area contributed by atoms with Crippen molar-refractivity contribution in [2.45, 2.75) is 6.42 Å². The van der Waals surface area contributed by atoms with Crippen LogP contribution in [0.5, 0.6) is 0 Å². The van der Waals surface area contributed by atoms with Crippen molar-refractivity contribution in [1.29, 1.82) is 0 Å². The van der Waals surface area contributed by atoms with E-state index in [1.165, 1.54) is 0 Å². The van der Waals surface area contributed by atoms with Gasteiger partial charge in [-0.1, -0.05) is 0 Å². The van der Waals surface area contributed by atoms with E-state index in [0.29, 0.717) is 0 Å². The zero-order valence-electron chi connectivity index (χ0n) is 6.59. The van der Waals surface area contributed by atoms with E-state index in [9.17, 15) is 0 Å². The fourth-order valence-electron chi connectivity index (χ4n) is 1.11. The lowest BCUT2D eigenvalue weighted by Crippen LogP contribution is -2.36. The summed E-state index contributed by atoms with van der Waals surface area (Å²) in [7, 11) is 0. The third-order valence-corrected chi connectivity index (χ3v) is 1.98. The lowest BCUT2D eigenvalue weighted by atomic mass is 10.4. The highest BCUT2D eigenvalue weighted by atomic mass is 35.5. The van der Waals surface area contributed by atoms with Crippen molar-refractivity contribution in [3.8, 4) is 0 Å². The van der Waals surface area contributed by atoms with Crippen molar-refractivity contribution in [1.82, 2.24) is 4.90 Å². The van der Waals surface area contributed by atoms with Gasteiger partial charge < -0.3 is 4.74 Å². The summed E-state index contributed by atoms with van der Waals surface area (Å²) in [5, 5.41) is 0. The van der Waals surface area contributed by atoms with E-state index >= 15 is 0 Å². The number of nitrogens with zero attached hydrogens (tertiary/aromatic N) is 1. The fourth-order valence-corrected chi connectivity index (χ4v) is 1.23. The molecule has 0 radical (unpaired) electrons. The molecule has 0 aromatic heterocycles. The van der Waals surface area contributed by atoms with Crippen LogP contribution in [0, 0.1) is 0 Å². The molecule has 4 heteroatoms. The number of ether oxygens (including phenoxy) is 1. The maximum absolute atomic E-state index is 5.56. The first kappa shape index (κ1) is 11.5. The second-order valence-electron chi connectivity index (χ2n) is 2.50. The van der Waals surface area contributed by atoms with Crippen molar-refractivity contribution in [3.05, 3.63) is 0 Å². The summed E-state index contributed by atoms with van der Waals surface area (Å²) in [5.41, 5.74) is 0. The Bertz CT molecular complexity index is 86.5. The Morgan fingerprint density at radius 2 is 1.91 bits per heavy atom. The second-order valence-corrected chi connectivity index (χ2v) is 2.87. The minimum absolute atomic E-state index is 0. The van der Waals surface area contributed by atoms with Crippen molar-refractivity contribution >= 4 is 24.0 Å². The summed E-state index contributed by atoms with van der Waals surface area (Å²) >= 11 is 5.56. The zero-order chi connectivity index (χ0) is 7.23. The van der Waals surface area contributed by atoms with E-state index in [-0.39, 0.29) is 12.4 Å². The molecule has 0 aromatic carbocycles. The summed E-state index contributed by atoms with van der Waals surface area (Å²) in [5.74, 6) is 0.775. The van der Waals surface area contributed by atoms with Crippen LogP contribution in [0.2, 0.25) is 0 Å². The average molecular weight is 200 g/mol. The molecule has 0 aliphatic carbocycles. The molecule has 11 heavy (non-hydrogen) atoms. The average Bonchev–Trinajstić information content (AvgIpc) is 2.03. The first-order valence-corrected chi connectivity index (χ1v) is 4.33. The number of morpholine rings is 1. The monoisotopic (exact) mass is 199 g/mol. The molecule has 1 heterocycles. The largest absolute Gasteiger partial charge is 0.379 e. The lowest BCUT2D eigenvalue weighted by Gasteiger charge is -2.25. The molecule has 0 spiro atoms. The normalized spacial score (nSPS) is 19.4. The van der Waals surface area contributed by atoms with Crippen LogP contribution in [0.4, 0.5) is 0 Å². The Hall–Kier alpha value is 0.500. The quantitative estimate of drug-likeness (QED) is 0.638. The van der Waals surface area contributed by atoms with Gasteiger partial charge in [-0.15, -0.1) is 24.0 Å². The molecule has 2 nitrogen and oxygen atoms in total. The number of halogens is 2. The van der Waals surface area contributed by atoms with Crippen LogP contribution in [0.1, 0.15) is 6.42 Å². The predicted octanol–water partition coefficient (Wildman–Crippen LogP) is 1.37. The van der Waals surface area contributed by atoms with Crippen LogP contribution in [0.15, 0.2) is 0 Å². The number of alkyl halides is 1. The molecule has 1 saturated heterocycles. The first-order chi connectivity index (χ1) is 4.93. The van der Waals surface area contributed by atoms with Gasteiger partial charge in [0.1, 0.15) is 0 Å². The molecular formula is C7H15Cl2NO. The van der Waals surface area contributed by atoms with Crippen LogP contribution in [0.3, 0.4) is 0 Å². The number of rotatable bonds is 3. The van der Waals surface area contributed by atoms with Gasteiger partial charge in [0, 0.05) is 19.0 Å². The van der Waals surface area contributed by atoms with Gasteiger partial charge in [0.15, 0.2) is 0 Å². The third-order valence-electron chi connectivity index (χ3n) is 1.71. The van der Waals surface area contributed by atoms with Crippen molar-refractivity contribution in [2.24, 2.45) is 0 Å². The molecule has 1 fully saturated rings. The fraction of sp³-hybridized carbons (Fsp3) is 1.00. The summed E-state index contributed by atoms with van der Waals surface area (Å²) in [6.45, 7) is 5.07. The molecule has 0 saturated carbocycles. The van der Waals surface area contributed by atoms with Gasteiger partial charge in [0.2, 0.25) is 0 Å². The summed E-state index contributed by atoms with van der Waals surface area (Å²) in [6, 6.07) is 0. The van der Waals surface area contributed by atoms with Crippen LogP contribution < -0.4 is 0 Å². The molecule has 1 aliphatic heterocycles. The molecule has 0 aromatic rings. The highest BCUT2D eigenvalue weighted by Crippen LogP contribution is 1.98. The zero-order valence-corrected chi connectivity index (χ0v) is 8.16. The van der Waals surface area contributed by atoms with E-state index in [1.807, 2.05) is 0 Å². The number of hydrogen-bond donors (Lipinski definition) is 0. The summed E-state index contributed by atoms with van der Waals surface area (Å²) in [6.07, 6.45) is 1.10. The van der Waals surface area contributed by atoms with Gasteiger partial charge in [0.25, 0.3) is 0 Å². The Balaban J connectivity index is 0.000001000. The third kappa shape index (κ3) is 4.86. The van der Waals surface area contributed by atoms with Gasteiger partial charge in [0.05, 0.1) is 13.2 Å². The maximum atomic E-state index is 5.56. The molecule has 0 amide bonds. The van der Waals surface area contributed by atoms with Gasteiger partial charge in [-0.3, -0.25) is 4.90 Å². The van der Waals surface area contributed by atoms with Crippen LogP contribution >= 0.6 is 24.0 Å². The van der Waals surface area contributed by atoms with Crippen LogP contribution in [-0.4, -0.2) is 43.6 Å². The molecular weight excluding hydrogens is 185 g/mol. The smallest absolute Gasteiger partial charge is 0.0594 e. The molecule has 0 bridgehead atoms. The van der Waals surface area contributed by atoms with Gasteiger partial charge in [-0.2, -0.15) is 0 Å². The highest BCUT2D eigenvalue weighted by Gasteiger charge is 2.08. The minimum Gasteiger partial charge on any atom is -0.379 e. The summed E-state index contributed by atoms with van der Waals surface area (Å²) < 4.78 is 5.21. The lowest BCUT2D eigenvalue weighted by molar-refractivity contribution is 0.0381. The van der Waals surface area contributed by atoms with Crippen LogP contribution in [-0.2, 0) is 4.74 Å². The van der Waals surface area contributed by atoms with Crippen molar-refractivity contribution < 1.29 is 4.74 Å². The van der Waals surface area contributed by atoms with E-state index in [2.05, 4.69) is 4.90 Å². The molecule has 68 valence electrons. The highest BCUT2D eigenvalue weighted by molar-refractivity contribution is 6.17. The molecule has 0 N–H and O–H groups in total. The Kier molecular flexibility index (Phi) is 7.49. The molecule has 1 aliphatic rings. The maximum Gasteiger partial charge on any atom is 0.0594 e. The Labute approximate surface area is 79.3 Å². The molecule has 1 rings (SSSR count).